The molecule has 5 N–H and O–H groups in total. The molecule has 156 valence electrons. The highest BCUT2D eigenvalue weighted by Crippen LogP contribution is 2.18. The maximum atomic E-state index is 12.4. The largest absolute Gasteiger partial charge is 0.397 e. The number of nitrogens with two attached hydrogens (primary N) is 1. The first-order valence-electron chi connectivity index (χ1n) is 9.99. The first-order chi connectivity index (χ1) is 15.1. The Balaban J connectivity index is 1.34. The molecule has 1 aliphatic rings. The number of amides is 2. The molecule has 2 amide bonds. The number of anilines is 2. The van der Waals surface area contributed by atoms with Crippen molar-refractivity contribution in [2.24, 2.45) is 4.99 Å². The fourth-order valence-electron chi connectivity index (χ4n) is 3.29. The summed E-state index contributed by atoms with van der Waals surface area (Å²) in [7, 11) is 0. The Labute approximate surface area is 180 Å². The second-order valence-electron chi connectivity index (χ2n) is 7.28. The van der Waals surface area contributed by atoms with Crippen molar-refractivity contribution in [3.63, 3.8) is 0 Å². The molecule has 0 radical (unpaired) electrons. The molecule has 7 heteroatoms. The van der Waals surface area contributed by atoms with Crippen LogP contribution in [0.5, 0.6) is 0 Å². The van der Waals surface area contributed by atoms with Crippen molar-refractivity contribution in [1.29, 1.82) is 0 Å². The normalized spacial score (nSPS) is 16.6. The van der Waals surface area contributed by atoms with Gasteiger partial charge in [-0.25, -0.2) is 4.99 Å². The quantitative estimate of drug-likeness (QED) is 0.466. The fraction of sp³-hybridized carbons (Fsp3) is 0.125. The van der Waals surface area contributed by atoms with Crippen molar-refractivity contribution in [1.82, 2.24) is 10.6 Å². The number of guanidine groups is 1. The van der Waals surface area contributed by atoms with E-state index in [9.17, 15) is 9.59 Å². The van der Waals surface area contributed by atoms with Gasteiger partial charge in [0, 0.05) is 12.0 Å². The Morgan fingerprint density at radius 3 is 2.39 bits per heavy atom. The van der Waals surface area contributed by atoms with Crippen molar-refractivity contribution in [3.05, 3.63) is 95.6 Å². The molecule has 0 aromatic heterocycles. The molecule has 1 saturated heterocycles. The molecule has 4 rings (SSSR count). The summed E-state index contributed by atoms with van der Waals surface area (Å²) < 4.78 is 0. The molecule has 1 unspecified atom stereocenters. The van der Waals surface area contributed by atoms with Crippen LogP contribution in [0.1, 0.15) is 21.5 Å². The Morgan fingerprint density at radius 1 is 0.935 bits per heavy atom. The van der Waals surface area contributed by atoms with E-state index in [0.717, 1.165) is 11.1 Å². The lowest BCUT2D eigenvalue weighted by Gasteiger charge is -2.08. The highest BCUT2D eigenvalue weighted by Gasteiger charge is 2.27. The maximum Gasteiger partial charge on any atom is 0.255 e. The lowest BCUT2D eigenvalue weighted by Crippen LogP contribution is -2.31. The van der Waals surface area contributed by atoms with Crippen LogP contribution in [-0.4, -0.2) is 23.8 Å². The van der Waals surface area contributed by atoms with Gasteiger partial charge in [-0.3, -0.25) is 14.9 Å². The Hall–Kier alpha value is -4.13. The van der Waals surface area contributed by atoms with Crippen LogP contribution < -0.4 is 21.7 Å². The number of nitrogen functional groups attached to an aromatic ring is 1. The number of hydrogen-bond acceptors (Lipinski definition) is 4. The predicted octanol–water partition coefficient (Wildman–Crippen LogP) is 2.71. The lowest BCUT2D eigenvalue weighted by atomic mass is 10.1. The van der Waals surface area contributed by atoms with E-state index in [2.05, 4.69) is 20.9 Å². The summed E-state index contributed by atoms with van der Waals surface area (Å²) in [6.07, 6.45) is 0.599. The molecular formula is C24H23N5O2. The van der Waals surface area contributed by atoms with Crippen LogP contribution >= 0.6 is 0 Å². The fourth-order valence-corrected chi connectivity index (χ4v) is 3.29. The van der Waals surface area contributed by atoms with Crippen LogP contribution in [0.2, 0.25) is 0 Å². The second-order valence-corrected chi connectivity index (χ2v) is 7.28. The summed E-state index contributed by atoms with van der Waals surface area (Å²) in [5.74, 6) is 0.145. The highest BCUT2D eigenvalue weighted by molar-refractivity contribution is 6.06. The molecule has 1 heterocycles. The first kappa shape index (κ1) is 20.2. The number of rotatable bonds is 6. The van der Waals surface area contributed by atoms with Gasteiger partial charge in [0.2, 0.25) is 5.91 Å². The number of aliphatic imine (C=N–C) groups is 1. The Morgan fingerprint density at radius 2 is 1.65 bits per heavy atom. The molecule has 0 aliphatic carbocycles. The van der Waals surface area contributed by atoms with Crippen molar-refractivity contribution < 1.29 is 9.59 Å². The third-order valence-electron chi connectivity index (χ3n) is 5.00. The number of nitrogens with zero attached hydrogens (tertiary/aromatic N) is 1. The van der Waals surface area contributed by atoms with E-state index in [4.69, 9.17) is 5.73 Å². The third kappa shape index (κ3) is 5.08. The number of benzene rings is 3. The van der Waals surface area contributed by atoms with E-state index >= 15 is 0 Å². The van der Waals surface area contributed by atoms with Crippen molar-refractivity contribution in [3.8, 4) is 0 Å². The summed E-state index contributed by atoms with van der Waals surface area (Å²) in [6.45, 7) is 0.383. The molecular weight excluding hydrogens is 390 g/mol. The lowest BCUT2D eigenvalue weighted by molar-refractivity contribution is -0.120. The number of carbonyl (C=O) groups excluding carboxylic acids is 2. The molecule has 3 aromatic carbocycles. The summed E-state index contributed by atoms with van der Waals surface area (Å²) in [6, 6.07) is 23.8. The van der Waals surface area contributed by atoms with E-state index < -0.39 is 0 Å². The van der Waals surface area contributed by atoms with Crippen LogP contribution in [0.15, 0.2) is 83.9 Å². The number of para-hydroxylation sites is 2. The molecule has 0 spiro atoms. The minimum atomic E-state index is -0.336. The smallest absolute Gasteiger partial charge is 0.255 e. The molecule has 1 atom stereocenters. The van der Waals surface area contributed by atoms with Crippen LogP contribution in [0, 0.1) is 0 Å². The highest BCUT2D eigenvalue weighted by atomic mass is 16.2. The third-order valence-corrected chi connectivity index (χ3v) is 5.00. The average molecular weight is 413 g/mol. The van der Waals surface area contributed by atoms with E-state index in [0.29, 0.717) is 35.9 Å². The van der Waals surface area contributed by atoms with Gasteiger partial charge >= 0.3 is 0 Å². The average Bonchev–Trinajstić information content (AvgIpc) is 3.14. The summed E-state index contributed by atoms with van der Waals surface area (Å²) in [5, 5.41) is 8.72. The minimum absolute atomic E-state index is 0.0881. The van der Waals surface area contributed by atoms with Crippen LogP contribution in [0.25, 0.3) is 0 Å². The minimum Gasteiger partial charge on any atom is -0.397 e. The molecule has 1 fully saturated rings. The zero-order valence-electron chi connectivity index (χ0n) is 16.8. The van der Waals surface area contributed by atoms with Gasteiger partial charge in [0.15, 0.2) is 5.96 Å². The van der Waals surface area contributed by atoms with Crippen LogP contribution in [-0.2, 0) is 17.8 Å². The second kappa shape index (κ2) is 9.13. The number of hydrogen-bond donors (Lipinski definition) is 4. The molecule has 0 bridgehead atoms. The Bertz CT molecular complexity index is 1110. The summed E-state index contributed by atoms with van der Waals surface area (Å²) in [5.41, 5.74) is 9.49. The number of nitrogens with one attached hydrogen (secondary N) is 3. The van der Waals surface area contributed by atoms with Gasteiger partial charge in [0.25, 0.3) is 5.91 Å². The monoisotopic (exact) mass is 413 g/mol. The van der Waals surface area contributed by atoms with Crippen LogP contribution in [0.3, 0.4) is 0 Å². The summed E-state index contributed by atoms with van der Waals surface area (Å²) >= 11 is 0. The van der Waals surface area contributed by atoms with Crippen molar-refractivity contribution in [2.45, 2.75) is 19.0 Å². The first-order valence-corrected chi connectivity index (χ1v) is 9.99. The summed E-state index contributed by atoms with van der Waals surface area (Å²) in [4.78, 5) is 29.0. The molecule has 31 heavy (non-hydrogen) atoms. The van der Waals surface area contributed by atoms with Crippen LogP contribution in [0.4, 0.5) is 11.4 Å². The van der Waals surface area contributed by atoms with Gasteiger partial charge in [0.05, 0.1) is 17.9 Å². The topological polar surface area (TPSA) is 109 Å². The van der Waals surface area contributed by atoms with Gasteiger partial charge in [0.1, 0.15) is 6.04 Å². The number of carbonyl (C=O) groups is 2. The van der Waals surface area contributed by atoms with Gasteiger partial charge in [-0.1, -0.05) is 54.6 Å². The van der Waals surface area contributed by atoms with Gasteiger partial charge in [-0.2, -0.15) is 0 Å². The van der Waals surface area contributed by atoms with Crippen molar-refractivity contribution >= 4 is 29.1 Å². The van der Waals surface area contributed by atoms with E-state index in [1.807, 2.05) is 54.6 Å². The van der Waals surface area contributed by atoms with Gasteiger partial charge in [-0.05, 0) is 35.4 Å². The standard InChI is InChI=1S/C24H23N5O2/c25-19-8-4-5-9-20(19)27-22(30)18-12-10-17(11-13-18)15-26-24-28-21(23(31)29-24)14-16-6-2-1-3-7-16/h1-13,21H,14-15,25H2,(H,27,30)(H2,26,28,29,31). The van der Waals surface area contributed by atoms with Crippen molar-refractivity contribution in [2.75, 3.05) is 11.1 Å². The molecule has 0 saturated carbocycles. The van der Waals surface area contributed by atoms with E-state index in [1.165, 1.54) is 0 Å². The molecule has 7 nitrogen and oxygen atoms in total. The zero-order chi connectivity index (χ0) is 21.6. The molecule has 3 aromatic rings. The van der Waals surface area contributed by atoms with E-state index in [1.54, 1.807) is 24.3 Å². The van der Waals surface area contributed by atoms with E-state index in [-0.39, 0.29) is 17.9 Å². The van der Waals surface area contributed by atoms with Gasteiger partial charge in [-0.15, -0.1) is 0 Å². The zero-order valence-corrected chi connectivity index (χ0v) is 16.8. The van der Waals surface area contributed by atoms with Gasteiger partial charge < -0.3 is 16.4 Å². The molecule has 1 aliphatic heterocycles. The SMILES string of the molecule is Nc1ccccc1NC(=O)c1ccc(CN=C2NC(=O)C(Cc3ccccc3)N2)cc1. The predicted molar refractivity (Wildman–Crippen MR) is 122 cm³/mol. The Kier molecular flexibility index (Phi) is 5.93. The maximum absolute atomic E-state index is 12.4.